The van der Waals surface area contributed by atoms with E-state index < -0.39 is 12.1 Å². The summed E-state index contributed by atoms with van der Waals surface area (Å²) in [5.41, 5.74) is 2.54. The quantitative estimate of drug-likeness (QED) is 0.445. The first-order valence-electron chi connectivity index (χ1n) is 12.9. The van der Waals surface area contributed by atoms with Gasteiger partial charge in [0, 0.05) is 11.1 Å². The van der Waals surface area contributed by atoms with E-state index in [1.807, 2.05) is 32.9 Å². The second-order valence-electron chi connectivity index (χ2n) is 10.2. The number of aliphatic hydroxyl groups excluding tert-OH is 1. The van der Waals surface area contributed by atoms with E-state index in [9.17, 15) is 9.90 Å². The Morgan fingerprint density at radius 3 is 2.49 bits per heavy atom. The predicted molar refractivity (Wildman–Crippen MR) is 135 cm³/mol. The minimum atomic E-state index is -0.762. The third kappa shape index (κ3) is 5.92. The molecule has 0 radical (unpaired) electrons. The molecule has 2 aromatic rings. The van der Waals surface area contributed by atoms with Crippen LogP contribution in [0.25, 0.3) is 0 Å². The molecule has 6 heteroatoms. The van der Waals surface area contributed by atoms with Crippen molar-refractivity contribution in [3.8, 4) is 23.0 Å². The molecule has 0 bridgehead atoms. The molecular formula is C29H38O6. The molecule has 1 atom stereocenters. The van der Waals surface area contributed by atoms with Crippen LogP contribution < -0.4 is 14.2 Å². The number of rotatable bonds is 6. The first-order chi connectivity index (χ1) is 16.9. The van der Waals surface area contributed by atoms with Crippen molar-refractivity contribution < 1.29 is 28.8 Å². The maximum absolute atomic E-state index is 13.1. The Bertz CT molecular complexity index is 1040. The van der Waals surface area contributed by atoms with Crippen molar-refractivity contribution in [1.82, 2.24) is 0 Å². The summed E-state index contributed by atoms with van der Waals surface area (Å²) < 4.78 is 24.3. The lowest BCUT2D eigenvalue weighted by atomic mass is 9.96. The Kier molecular flexibility index (Phi) is 8.22. The summed E-state index contributed by atoms with van der Waals surface area (Å²) in [7, 11) is 1.49. The fourth-order valence-corrected chi connectivity index (χ4v) is 5.08. The van der Waals surface area contributed by atoms with Gasteiger partial charge in [-0.2, -0.15) is 0 Å². The van der Waals surface area contributed by atoms with Crippen molar-refractivity contribution in [2.75, 3.05) is 7.11 Å². The molecule has 35 heavy (non-hydrogen) atoms. The van der Waals surface area contributed by atoms with Gasteiger partial charge >= 0.3 is 5.97 Å². The molecule has 2 aromatic carbocycles. The highest BCUT2D eigenvalue weighted by Gasteiger charge is 2.30. The number of carbonyl (C=O) groups excluding carboxylic acids is 1. The number of ether oxygens (including phenoxy) is 4. The van der Waals surface area contributed by atoms with Gasteiger partial charge < -0.3 is 24.1 Å². The van der Waals surface area contributed by atoms with E-state index in [1.165, 1.54) is 39.2 Å². The molecule has 1 N–H and O–H groups in total. The molecule has 2 aliphatic rings. The molecule has 4 rings (SSSR count). The monoisotopic (exact) mass is 482 g/mol. The summed E-state index contributed by atoms with van der Waals surface area (Å²) in [6, 6.07) is 7.45. The topological polar surface area (TPSA) is 74.2 Å². The van der Waals surface area contributed by atoms with Crippen molar-refractivity contribution in [3.05, 3.63) is 46.5 Å². The van der Waals surface area contributed by atoms with Crippen molar-refractivity contribution in [1.29, 1.82) is 0 Å². The normalized spacial score (nSPS) is 17.6. The minimum absolute atomic E-state index is 0.0677. The number of aryl methyl sites for hydroxylation is 1. The first kappa shape index (κ1) is 25.4. The zero-order chi connectivity index (χ0) is 24.9. The summed E-state index contributed by atoms with van der Waals surface area (Å²) >= 11 is 0. The fourth-order valence-electron chi connectivity index (χ4n) is 5.08. The average Bonchev–Trinajstić information content (AvgIpc) is 2.78. The summed E-state index contributed by atoms with van der Waals surface area (Å²) in [4.78, 5) is 13.1. The molecule has 1 saturated carbocycles. The second-order valence-corrected chi connectivity index (χ2v) is 10.2. The van der Waals surface area contributed by atoms with Gasteiger partial charge in [-0.05, 0) is 74.8 Å². The average molecular weight is 483 g/mol. The number of fused-ring (bicyclic) bond motifs is 2. The molecule has 1 aliphatic carbocycles. The van der Waals surface area contributed by atoms with Gasteiger partial charge in [-0.3, -0.25) is 0 Å². The molecular weight excluding hydrogens is 444 g/mol. The molecule has 1 heterocycles. The molecule has 190 valence electrons. The number of aliphatic hydroxyl groups is 1. The number of cyclic esters (lactones) is 1. The van der Waals surface area contributed by atoms with Gasteiger partial charge in [0.05, 0.1) is 19.3 Å². The number of carbonyl (C=O) groups is 1. The number of methoxy groups -OCH3 is 1. The highest BCUT2D eigenvalue weighted by atomic mass is 16.6. The third-order valence-electron chi connectivity index (χ3n) is 6.80. The van der Waals surface area contributed by atoms with Gasteiger partial charge in [-0.15, -0.1) is 0 Å². The SMILES string of the molecule is COc1c([C@@H](O)CC(C)C)ccc2c1C(=O)OCc1cc(C)cc(OC3CCCCCCC3)c1O2. The van der Waals surface area contributed by atoms with Crippen LogP contribution in [0.15, 0.2) is 24.3 Å². The standard InChI is InChI=1S/C29H38O6/c1-18(2)14-23(30)22-12-13-24-26(28(22)32-4)29(31)33-17-20-15-19(3)16-25(27(20)35-24)34-21-10-8-6-5-7-9-11-21/h12-13,15-16,18,21,23,30H,5-11,14,17H2,1-4H3/t23-/m0/s1. The van der Waals surface area contributed by atoms with Gasteiger partial charge in [-0.25, -0.2) is 4.79 Å². The lowest BCUT2D eigenvalue weighted by Crippen LogP contribution is -2.19. The van der Waals surface area contributed by atoms with Crippen molar-refractivity contribution in [2.45, 2.75) is 91.0 Å². The van der Waals surface area contributed by atoms with Crippen molar-refractivity contribution >= 4 is 5.97 Å². The maximum Gasteiger partial charge on any atom is 0.346 e. The van der Waals surface area contributed by atoms with Gasteiger partial charge in [0.25, 0.3) is 0 Å². The molecule has 0 aromatic heterocycles. The molecule has 1 fully saturated rings. The Hall–Kier alpha value is -2.73. The first-order valence-corrected chi connectivity index (χ1v) is 12.9. The summed E-state index contributed by atoms with van der Waals surface area (Å²) in [6.07, 6.45) is 8.10. The van der Waals surface area contributed by atoms with Crippen LogP contribution in [0.1, 0.15) is 98.4 Å². The van der Waals surface area contributed by atoms with E-state index in [1.54, 1.807) is 12.1 Å². The van der Waals surface area contributed by atoms with E-state index >= 15 is 0 Å². The minimum Gasteiger partial charge on any atom is -0.495 e. The zero-order valence-electron chi connectivity index (χ0n) is 21.4. The predicted octanol–water partition coefficient (Wildman–Crippen LogP) is 7.04. The number of esters is 1. The third-order valence-corrected chi connectivity index (χ3v) is 6.80. The number of hydrogen-bond acceptors (Lipinski definition) is 6. The zero-order valence-corrected chi connectivity index (χ0v) is 21.4. The van der Waals surface area contributed by atoms with E-state index in [0.29, 0.717) is 35.0 Å². The Balaban J connectivity index is 1.73. The lowest BCUT2D eigenvalue weighted by Gasteiger charge is -2.26. The molecule has 0 amide bonds. The van der Waals surface area contributed by atoms with E-state index in [4.69, 9.17) is 18.9 Å². The van der Waals surface area contributed by atoms with Crippen LogP contribution in [0.3, 0.4) is 0 Å². The Morgan fingerprint density at radius 2 is 1.80 bits per heavy atom. The van der Waals surface area contributed by atoms with Crippen molar-refractivity contribution in [3.63, 3.8) is 0 Å². The lowest BCUT2D eigenvalue weighted by molar-refractivity contribution is 0.0452. The van der Waals surface area contributed by atoms with Crippen LogP contribution in [0.5, 0.6) is 23.0 Å². The largest absolute Gasteiger partial charge is 0.495 e. The van der Waals surface area contributed by atoms with Crippen LogP contribution in [-0.2, 0) is 11.3 Å². The van der Waals surface area contributed by atoms with Gasteiger partial charge in [-0.1, -0.05) is 33.1 Å². The van der Waals surface area contributed by atoms with Crippen LogP contribution >= 0.6 is 0 Å². The van der Waals surface area contributed by atoms with Crippen LogP contribution in [0.2, 0.25) is 0 Å². The molecule has 1 aliphatic heterocycles. The molecule has 0 spiro atoms. The molecule has 0 saturated heterocycles. The van der Waals surface area contributed by atoms with Crippen LogP contribution in [0, 0.1) is 12.8 Å². The fraction of sp³-hybridized carbons (Fsp3) is 0.552. The van der Waals surface area contributed by atoms with Gasteiger partial charge in [0.15, 0.2) is 11.5 Å². The summed E-state index contributed by atoms with van der Waals surface area (Å²) in [5, 5.41) is 10.8. The second kappa shape index (κ2) is 11.3. The van der Waals surface area contributed by atoms with E-state index in [2.05, 4.69) is 0 Å². The van der Waals surface area contributed by atoms with Gasteiger partial charge in [0.2, 0.25) is 0 Å². The van der Waals surface area contributed by atoms with Crippen LogP contribution in [-0.4, -0.2) is 24.3 Å². The van der Waals surface area contributed by atoms with Gasteiger partial charge in [0.1, 0.15) is 23.7 Å². The summed E-state index contributed by atoms with van der Waals surface area (Å²) in [5.74, 6) is 1.62. The highest BCUT2D eigenvalue weighted by Crippen LogP contribution is 2.45. The smallest absolute Gasteiger partial charge is 0.346 e. The Morgan fingerprint density at radius 1 is 1.09 bits per heavy atom. The number of hydrogen-bond donors (Lipinski definition) is 1. The maximum atomic E-state index is 13.1. The highest BCUT2D eigenvalue weighted by molar-refractivity contribution is 5.96. The molecule has 0 unspecified atom stereocenters. The number of benzene rings is 2. The van der Waals surface area contributed by atoms with E-state index in [-0.39, 0.29) is 24.2 Å². The van der Waals surface area contributed by atoms with Crippen LogP contribution in [0.4, 0.5) is 0 Å². The van der Waals surface area contributed by atoms with Crippen molar-refractivity contribution in [2.24, 2.45) is 5.92 Å². The van der Waals surface area contributed by atoms with E-state index in [0.717, 1.165) is 24.0 Å². The molecule has 6 nitrogen and oxygen atoms in total. The Labute approximate surface area is 208 Å². The summed E-state index contributed by atoms with van der Waals surface area (Å²) in [6.45, 7) is 6.15.